The van der Waals surface area contributed by atoms with Crippen molar-refractivity contribution in [3.8, 4) is 0 Å². The van der Waals surface area contributed by atoms with Gasteiger partial charge in [-0.25, -0.2) is 14.8 Å². The van der Waals surface area contributed by atoms with E-state index in [1.54, 1.807) is 17.0 Å². The van der Waals surface area contributed by atoms with E-state index >= 15 is 0 Å². The Morgan fingerprint density at radius 3 is 3.00 bits per heavy atom. The lowest BCUT2D eigenvalue weighted by Gasteiger charge is -2.28. The van der Waals surface area contributed by atoms with Gasteiger partial charge in [0.05, 0.1) is 22.3 Å². The third kappa shape index (κ3) is 4.89. The molecule has 144 valence electrons. The van der Waals surface area contributed by atoms with Gasteiger partial charge in [-0.2, -0.15) is 0 Å². The number of hydrogen-bond acceptors (Lipinski definition) is 4. The summed E-state index contributed by atoms with van der Waals surface area (Å²) in [7, 11) is 0. The van der Waals surface area contributed by atoms with Gasteiger partial charge in [-0.3, -0.25) is 0 Å². The molecule has 8 heteroatoms. The number of carbonyl (C=O) groups excluding carboxylic acids is 1. The Balaban J connectivity index is 1.63. The minimum atomic E-state index is -0.166. The molecule has 0 radical (unpaired) electrons. The predicted molar refractivity (Wildman–Crippen MR) is 105 cm³/mol. The largest absolute Gasteiger partial charge is 0.396 e. The molecule has 0 fully saturated rings. The van der Waals surface area contributed by atoms with Crippen molar-refractivity contribution >= 4 is 29.2 Å². The minimum Gasteiger partial charge on any atom is -0.396 e. The zero-order chi connectivity index (χ0) is 19.4. The topological polar surface area (TPSA) is 78.4 Å². The quantitative estimate of drug-likeness (QED) is 0.795. The number of rotatable bonds is 5. The van der Waals surface area contributed by atoms with Gasteiger partial charge in [0, 0.05) is 32.3 Å². The number of aliphatic hydroxyl groups excluding tert-OH is 1. The number of nitrogens with zero attached hydrogens (tertiary/aromatic N) is 3. The Kier molecular flexibility index (Phi) is 6.52. The minimum absolute atomic E-state index is 0.0983. The van der Waals surface area contributed by atoms with Crippen LogP contribution < -0.4 is 5.32 Å². The van der Waals surface area contributed by atoms with Gasteiger partial charge in [-0.05, 0) is 29.5 Å². The number of urea groups is 1. The Bertz CT molecular complexity index is 831. The van der Waals surface area contributed by atoms with E-state index in [2.05, 4.69) is 15.3 Å². The van der Waals surface area contributed by atoms with Crippen LogP contribution >= 0.6 is 23.2 Å². The molecule has 2 aromatic rings. The molecular weight excluding hydrogens is 387 g/mol. The third-order valence-electron chi connectivity index (χ3n) is 4.59. The number of halogens is 2. The van der Waals surface area contributed by atoms with Crippen LogP contribution in [0.1, 0.15) is 29.6 Å². The maximum absolute atomic E-state index is 12.5. The molecule has 0 spiro atoms. The molecule has 3 rings (SSSR count). The third-order valence-corrected chi connectivity index (χ3v) is 5.45. The van der Waals surface area contributed by atoms with Crippen LogP contribution in [0.4, 0.5) is 4.79 Å². The highest BCUT2D eigenvalue weighted by Gasteiger charge is 2.22. The molecule has 2 N–H and O–H groups in total. The van der Waals surface area contributed by atoms with Crippen molar-refractivity contribution in [3.63, 3.8) is 0 Å². The van der Waals surface area contributed by atoms with Crippen molar-refractivity contribution in [2.75, 3.05) is 13.2 Å². The number of carbonyl (C=O) groups is 1. The highest BCUT2D eigenvalue weighted by atomic mass is 35.5. The molecule has 1 aliphatic heterocycles. The van der Waals surface area contributed by atoms with E-state index in [0.29, 0.717) is 41.9 Å². The monoisotopic (exact) mass is 408 g/mol. The van der Waals surface area contributed by atoms with Crippen LogP contribution in [-0.4, -0.2) is 39.2 Å². The smallest absolute Gasteiger partial charge is 0.318 e. The second-order valence-electron chi connectivity index (χ2n) is 6.79. The molecule has 0 saturated carbocycles. The summed E-state index contributed by atoms with van der Waals surface area (Å²) in [6.45, 7) is 3.40. The molecule has 0 unspecified atom stereocenters. The summed E-state index contributed by atoms with van der Waals surface area (Å²) in [5.74, 6) is 0.803. The average molecular weight is 409 g/mol. The second-order valence-corrected chi connectivity index (χ2v) is 7.58. The SMILES string of the molecule is C[C@@H](CO)Cc1ncc2c(n1)CN(C(=O)NCc1cccc(Cl)c1Cl)CC2. The molecule has 2 amide bonds. The lowest BCUT2D eigenvalue weighted by molar-refractivity contribution is 0.190. The Hall–Kier alpha value is -1.89. The summed E-state index contributed by atoms with van der Waals surface area (Å²) in [6, 6.07) is 5.19. The number of aromatic nitrogens is 2. The first-order valence-electron chi connectivity index (χ1n) is 8.88. The van der Waals surface area contributed by atoms with E-state index in [1.165, 1.54) is 0 Å². The molecule has 6 nitrogen and oxygen atoms in total. The van der Waals surface area contributed by atoms with Crippen LogP contribution in [0, 0.1) is 5.92 Å². The molecule has 0 saturated heterocycles. The fourth-order valence-electron chi connectivity index (χ4n) is 2.96. The van der Waals surface area contributed by atoms with Crippen molar-refractivity contribution in [1.29, 1.82) is 0 Å². The van der Waals surface area contributed by atoms with E-state index < -0.39 is 0 Å². The standard InChI is InChI=1S/C19H22Cl2N4O2/c1-12(11-26)7-17-22-8-13-5-6-25(10-16(13)24-17)19(27)23-9-14-3-2-4-15(20)18(14)21/h2-4,8,12,26H,5-7,9-11H2,1H3,(H,23,27)/t12-/m1/s1. The lowest BCUT2D eigenvalue weighted by Crippen LogP contribution is -2.43. The van der Waals surface area contributed by atoms with Crippen molar-refractivity contribution in [1.82, 2.24) is 20.2 Å². The predicted octanol–water partition coefficient (Wildman–Crippen LogP) is 3.22. The summed E-state index contributed by atoms with van der Waals surface area (Å²) in [5, 5.41) is 13.0. The van der Waals surface area contributed by atoms with Gasteiger partial charge < -0.3 is 15.3 Å². The molecule has 27 heavy (non-hydrogen) atoms. The fraction of sp³-hybridized carbons (Fsp3) is 0.421. The van der Waals surface area contributed by atoms with Gasteiger partial charge in [-0.1, -0.05) is 42.3 Å². The summed E-state index contributed by atoms with van der Waals surface area (Å²) in [4.78, 5) is 23.2. The number of benzene rings is 1. The van der Waals surface area contributed by atoms with E-state index in [1.807, 2.05) is 19.2 Å². The molecular formula is C19H22Cl2N4O2. The van der Waals surface area contributed by atoms with Crippen molar-refractivity contribution in [3.05, 3.63) is 57.1 Å². The van der Waals surface area contributed by atoms with Gasteiger partial charge in [-0.15, -0.1) is 0 Å². The molecule has 1 aliphatic rings. The van der Waals surface area contributed by atoms with E-state index in [-0.39, 0.29) is 18.6 Å². The van der Waals surface area contributed by atoms with Crippen LogP contribution in [0.15, 0.2) is 24.4 Å². The average Bonchev–Trinajstić information content (AvgIpc) is 2.68. The number of nitrogens with one attached hydrogen (secondary N) is 1. The molecule has 1 atom stereocenters. The lowest BCUT2D eigenvalue weighted by atomic mass is 10.1. The normalized spacial score (nSPS) is 14.6. The van der Waals surface area contributed by atoms with Gasteiger partial charge in [0.15, 0.2) is 0 Å². The van der Waals surface area contributed by atoms with Crippen LogP contribution in [0.3, 0.4) is 0 Å². The van der Waals surface area contributed by atoms with Crippen LogP contribution in [0.5, 0.6) is 0 Å². The first kappa shape index (κ1) is 19.9. The Morgan fingerprint density at radius 1 is 1.41 bits per heavy atom. The molecule has 1 aromatic heterocycles. The van der Waals surface area contributed by atoms with E-state index in [0.717, 1.165) is 23.2 Å². The molecule has 0 bridgehead atoms. The number of amides is 2. The molecule has 1 aromatic carbocycles. The van der Waals surface area contributed by atoms with Crippen LogP contribution in [-0.2, 0) is 25.9 Å². The van der Waals surface area contributed by atoms with Crippen LogP contribution in [0.25, 0.3) is 0 Å². The van der Waals surface area contributed by atoms with Gasteiger partial charge in [0.1, 0.15) is 5.82 Å². The second kappa shape index (κ2) is 8.87. The first-order valence-corrected chi connectivity index (χ1v) is 9.63. The zero-order valence-electron chi connectivity index (χ0n) is 15.1. The first-order chi connectivity index (χ1) is 13.0. The maximum Gasteiger partial charge on any atom is 0.318 e. The summed E-state index contributed by atoms with van der Waals surface area (Å²) in [5.41, 5.74) is 2.71. The van der Waals surface area contributed by atoms with E-state index in [9.17, 15) is 9.90 Å². The van der Waals surface area contributed by atoms with Crippen molar-refractivity contribution < 1.29 is 9.90 Å². The fourth-order valence-corrected chi connectivity index (χ4v) is 3.35. The summed E-state index contributed by atoms with van der Waals surface area (Å²) in [6.07, 6.45) is 3.17. The van der Waals surface area contributed by atoms with Crippen molar-refractivity contribution in [2.24, 2.45) is 5.92 Å². The maximum atomic E-state index is 12.5. The van der Waals surface area contributed by atoms with Gasteiger partial charge in [0.25, 0.3) is 0 Å². The number of hydrogen-bond donors (Lipinski definition) is 2. The zero-order valence-corrected chi connectivity index (χ0v) is 16.6. The number of fused-ring (bicyclic) bond motifs is 1. The summed E-state index contributed by atoms with van der Waals surface area (Å²) >= 11 is 12.2. The van der Waals surface area contributed by atoms with Gasteiger partial charge >= 0.3 is 6.03 Å². The van der Waals surface area contributed by atoms with Crippen LogP contribution in [0.2, 0.25) is 10.0 Å². The van der Waals surface area contributed by atoms with Gasteiger partial charge in [0.2, 0.25) is 0 Å². The highest BCUT2D eigenvalue weighted by molar-refractivity contribution is 6.42. The van der Waals surface area contributed by atoms with E-state index in [4.69, 9.17) is 23.2 Å². The van der Waals surface area contributed by atoms with Crippen molar-refractivity contribution in [2.45, 2.75) is 32.9 Å². The number of aliphatic hydroxyl groups is 1. The summed E-state index contributed by atoms with van der Waals surface area (Å²) < 4.78 is 0. The Morgan fingerprint density at radius 2 is 2.22 bits per heavy atom. The Labute approximate surface area is 168 Å². The highest BCUT2D eigenvalue weighted by Crippen LogP contribution is 2.25. The molecule has 0 aliphatic carbocycles. The molecule has 2 heterocycles.